The summed E-state index contributed by atoms with van der Waals surface area (Å²) in [5.41, 5.74) is 7.73. The Morgan fingerprint density at radius 1 is 0.926 bits per heavy atom. The molecule has 0 radical (unpaired) electrons. The Kier molecular flexibility index (Phi) is 20.8. The van der Waals surface area contributed by atoms with Gasteiger partial charge in [-0.05, 0) is 88.1 Å². The van der Waals surface area contributed by atoms with Crippen LogP contribution in [0.3, 0.4) is 0 Å². The Hall–Kier alpha value is -5.33. The second-order valence-electron chi connectivity index (χ2n) is 17.3. The van der Waals surface area contributed by atoms with Gasteiger partial charge in [-0.2, -0.15) is 0 Å². The Labute approximate surface area is 412 Å². The first-order valence-corrected chi connectivity index (χ1v) is 25.2. The predicted molar refractivity (Wildman–Crippen MR) is 268 cm³/mol. The number of benzene rings is 2. The topological polar surface area (TPSA) is 191 Å². The SMILES string of the molecule is CC(C)C.CCC(Cc1nnc(C)n1-c1sc(C)c(C)c1C(=N)c1ccc(Cl)cc1)C(=O)OCCOCCCOCC(=O)NCC(=O)N1CCCC1C(=O)NCc1ccc(-c2scnc2C)cc1. The van der Waals surface area contributed by atoms with Gasteiger partial charge in [-0.15, -0.1) is 32.9 Å². The van der Waals surface area contributed by atoms with Gasteiger partial charge in [0.1, 0.15) is 35.9 Å². The number of aryl methyl sites for hydroxylation is 3. The van der Waals surface area contributed by atoms with Gasteiger partial charge in [0.05, 0.1) is 40.9 Å². The van der Waals surface area contributed by atoms with Gasteiger partial charge < -0.3 is 29.7 Å². The van der Waals surface area contributed by atoms with E-state index in [1.54, 1.807) is 34.8 Å². The maximum atomic E-state index is 13.2. The second-order valence-corrected chi connectivity index (χ2v) is 19.8. The van der Waals surface area contributed by atoms with E-state index in [2.05, 4.69) is 46.6 Å². The summed E-state index contributed by atoms with van der Waals surface area (Å²) in [5, 5.41) is 24.9. The standard InChI is InChI=1S/C46H55ClN8O7S2.C4H10/c1-6-33(23-38-53-52-31(5)55(38)45-41(28(2)30(4)64-45)42(48)34-14-16-36(47)17-15-34)46(59)62-22-21-60-19-8-20-61-26-39(56)49-25-40(57)54-18-7-9-37(54)44(58)50-24-32-10-12-35(13-11-32)43-29(3)51-27-63-43;1-4(2)3/h10-17,27,33,37,48H,6-9,18-26H2,1-5H3,(H,49,56)(H,50,58);4H,1-3H3. The molecular weight excluding hydrogens is 924 g/mol. The van der Waals surface area contributed by atoms with Gasteiger partial charge in [-0.25, -0.2) is 4.98 Å². The molecule has 0 bridgehead atoms. The maximum Gasteiger partial charge on any atom is 0.309 e. The molecule has 366 valence electrons. The van der Waals surface area contributed by atoms with Gasteiger partial charge in [0.2, 0.25) is 17.7 Å². The maximum absolute atomic E-state index is 13.2. The lowest BCUT2D eigenvalue weighted by molar-refractivity contribution is -0.150. The van der Waals surface area contributed by atoms with E-state index in [0.29, 0.717) is 74.2 Å². The smallest absolute Gasteiger partial charge is 0.309 e. The molecule has 1 saturated heterocycles. The predicted octanol–water partition coefficient (Wildman–Crippen LogP) is 8.38. The van der Waals surface area contributed by atoms with E-state index in [4.69, 9.17) is 31.2 Å². The summed E-state index contributed by atoms with van der Waals surface area (Å²) in [7, 11) is 0. The number of amides is 3. The van der Waals surface area contributed by atoms with Crippen molar-refractivity contribution in [1.29, 1.82) is 5.41 Å². The van der Waals surface area contributed by atoms with Crippen LogP contribution in [-0.2, 0) is 46.4 Å². The van der Waals surface area contributed by atoms with Crippen molar-refractivity contribution in [2.24, 2.45) is 11.8 Å². The molecule has 0 aliphatic carbocycles. The zero-order chi connectivity index (χ0) is 49.3. The van der Waals surface area contributed by atoms with Crippen LogP contribution in [0.4, 0.5) is 0 Å². The summed E-state index contributed by atoms with van der Waals surface area (Å²) in [4.78, 5) is 59.6. The lowest BCUT2D eigenvalue weighted by atomic mass is 9.99. The third kappa shape index (κ3) is 15.1. The number of thiazole rings is 1. The summed E-state index contributed by atoms with van der Waals surface area (Å²) in [6.07, 6.45) is 2.61. The van der Waals surface area contributed by atoms with Crippen LogP contribution in [-0.4, -0.2) is 106 Å². The van der Waals surface area contributed by atoms with E-state index in [-0.39, 0.29) is 50.8 Å². The normalized spacial score (nSPS) is 13.8. The minimum atomic E-state index is -0.585. The molecule has 18 heteroatoms. The molecule has 1 fully saturated rings. The lowest BCUT2D eigenvalue weighted by Crippen LogP contribution is -2.49. The summed E-state index contributed by atoms with van der Waals surface area (Å²) in [6.45, 7) is 17.5. The molecule has 3 amide bonds. The Bertz CT molecular complexity index is 2460. The van der Waals surface area contributed by atoms with Crippen molar-refractivity contribution in [1.82, 2.24) is 35.3 Å². The fourth-order valence-corrected chi connectivity index (χ4v) is 9.58. The first-order valence-electron chi connectivity index (χ1n) is 23.1. The highest BCUT2D eigenvalue weighted by Crippen LogP contribution is 2.35. The molecule has 2 atom stereocenters. The van der Waals surface area contributed by atoms with Crippen molar-refractivity contribution in [2.75, 3.05) is 46.1 Å². The molecule has 68 heavy (non-hydrogen) atoms. The summed E-state index contributed by atoms with van der Waals surface area (Å²) >= 11 is 9.26. The molecule has 4 heterocycles. The molecule has 15 nitrogen and oxygen atoms in total. The van der Waals surface area contributed by atoms with Crippen LogP contribution >= 0.6 is 34.3 Å². The number of nitrogens with one attached hydrogen (secondary N) is 3. The number of aromatic nitrogens is 4. The van der Waals surface area contributed by atoms with Gasteiger partial charge in [-0.1, -0.05) is 75.7 Å². The van der Waals surface area contributed by atoms with Gasteiger partial charge >= 0.3 is 5.97 Å². The van der Waals surface area contributed by atoms with E-state index in [0.717, 1.165) is 54.2 Å². The van der Waals surface area contributed by atoms with E-state index in [1.165, 1.54) is 4.90 Å². The van der Waals surface area contributed by atoms with E-state index < -0.39 is 17.9 Å². The fourth-order valence-electron chi connectivity index (χ4n) is 7.41. The van der Waals surface area contributed by atoms with Crippen LogP contribution in [0.5, 0.6) is 0 Å². The molecule has 0 saturated carbocycles. The zero-order valence-corrected chi connectivity index (χ0v) is 42.8. The average Bonchev–Trinajstić information content (AvgIpc) is 4.12. The van der Waals surface area contributed by atoms with Crippen LogP contribution in [0.2, 0.25) is 5.02 Å². The van der Waals surface area contributed by atoms with Crippen LogP contribution in [0.1, 0.15) is 97.9 Å². The molecule has 3 N–H and O–H groups in total. The number of esters is 1. The number of ether oxygens (including phenoxy) is 3. The molecule has 2 unspecified atom stereocenters. The quantitative estimate of drug-likeness (QED) is 0.0345. The number of nitrogens with zero attached hydrogens (tertiary/aromatic N) is 5. The first-order chi connectivity index (χ1) is 32.6. The monoisotopic (exact) mass is 988 g/mol. The second kappa shape index (κ2) is 26.4. The zero-order valence-electron chi connectivity index (χ0n) is 40.4. The van der Waals surface area contributed by atoms with Gasteiger partial charge in [0.15, 0.2) is 0 Å². The van der Waals surface area contributed by atoms with E-state index >= 15 is 0 Å². The number of thiophene rings is 1. The van der Waals surface area contributed by atoms with Crippen molar-refractivity contribution in [3.63, 3.8) is 0 Å². The minimum absolute atomic E-state index is 0.0751. The molecule has 5 aromatic rings. The summed E-state index contributed by atoms with van der Waals surface area (Å²) in [6, 6.07) is 14.6. The minimum Gasteiger partial charge on any atom is -0.463 e. The van der Waals surface area contributed by atoms with Gasteiger partial charge in [-0.3, -0.25) is 29.2 Å². The number of rotatable bonds is 22. The number of carbonyl (C=O) groups excluding carboxylic acids is 4. The Balaban J connectivity index is 0.00000208. The highest BCUT2D eigenvalue weighted by atomic mass is 35.5. The summed E-state index contributed by atoms with van der Waals surface area (Å²) in [5.74, 6) is 0.307. The largest absolute Gasteiger partial charge is 0.463 e. The van der Waals surface area contributed by atoms with Crippen LogP contribution in [0.15, 0.2) is 54.0 Å². The van der Waals surface area contributed by atoms with Crippen LogP contribution in [0.25, 0.3) is 15.4 Å². The van der Waals surface area contributed by atoms with E-state index in [9.17, 15) is 19.2 Å². The van der Waals surface area contributed by atoms with Crippen molar-refractivity contribution in [3.05, 3.63) is 104 Å². The highest BCUT2D eigenvalue weighted by molar-refractivity contribution is 7.15. The third-order valence-electron chi connectivity index (χ3n) is 11.1. The molecule has 6 rings (SSSR count). The summed E-state index contributed by atoms with van der Waals surface area (Å²) < 4.78 is 18.6. The van der Waals surface area contributed by atoms with Crippen molar-refractivity contribution >= 4 is 63.7 Å². The molecule has 0 spiro atoms. The first kappa shape index (κ1) is 53.6. The third-order valence-corrected chi connectivity index (χ3v) is 13.5. The molecule has 1 aliphatic heterocycles. The fraction of sp³-hybridized carbons (Fsp3) is 0.480. The van der Waals surface area contributed by atoms with Crippen molar-refractivity contribution in [2.45, 2.75) is 100 Å². The molecule has 3 aromatic heterocycles. The van der Waals surface area contributed by atoms with Crippen LogP contribution in [0, 0.1) is 44.9 Å². The molecular formula is C50H65ClN8O7S2. The number of hydrogen-bond acceptors (Lipinski definition) is 13. The van der Waals surface area contributed by atoms with Crippen molar-refractivity contribution < 1.29 is 33.4 Å². The number of hydrogen-bond donors (Lipinski definition) is 3. The number of likely N-dealkylation sites (tertiary alicyclic amines) is 1. The molecule has 2 aromatic carbocycles. The highest BCUT2D eigenvalue weighted by Gasteiger charge is 2.34. The average molecular weight is 990 g/mol. The Morgan fingerprint density at radius 3 is 2.31 bits per heavy atom. The van der Waals surface area contributed by atoms with Crippen LogP contribution < -0.4 is 10.6 Å². The number of carbonyl (C=O) groups is 4. The van der Waals surface area contributed by atoms with Gasteiger partial charge in [0, 0.05) is 53.8 Å². The number of halogens is 1. The molecule has 1 aliphatic rings. The van der Waals surface area contributed by atoms with Gasteiger partial charge in [0.25, 0.3) is 0 Å². The van der Waals surface area contributed by atoms with Crippen molar-refractivity contribution in [3.8, 4) is 15.4 Å². The lowest BCUT2D eigenvalue weighted by Gasteiger charge is -2.24. The van der Waals surface area contributed by atoms with E-state index in [1.807, 2.05) is 81.1 Å². The Morgan fingerprint density at radius 2 is 1.63 bits per heavy atom.